The van der Waals surface area contributed by atoms with Crippen molar-refractivity contribution in [3.05, 3.63) is 70.7 Å². The second kappa shape index (κ2) is 9.70. The number of aryl methyl sites for hydroxylation is 1. The Labute approximate surface area is 177 Å². The summed E-state index contributed by atoms with van der Waals surface area (Å²) in [4.78, 5) is 17.1. The molecule has 0 aliphatic heterocycles. The van der Waals surface area contributed by atoms with E-state index in [-0.39, 0.29) is 5.91 Å². The number of aromatic nitrogens is 1. The van der Waals surface area contributed by atoms with E-state index < -0.39 is 6.10 Å². The molecule has 29 heavy (non-hydrogen) atoms. The predicted octanol–water partition coefficient (Wildman–Crippen LogP) is 5.37. The number of hydrogen-bond acceptors (Lipinski definition) is 4. The van der Waals surface area contributed by atoms with Gasteiger partial charge in [0.25, 0.3) is 5.91 Å². The molecule has 0 saturated heterocycles. The predicted molar refractivity (Wildman–Crippen MR) is 120 cm³/mol. The first kappa shape index (κ1) is 21.1. The zero-order chi connectivity index (χ0) is 20.8. The third-order valence-corrected chi connectivity index (χ3v) is 5.66. The Bertz CT molecular complexity index is 951. The Morgan fingerprint density at radius 3 is 2.62 bits per heavy atom. The molecule has 152 valence electrons. The highest BCUT2D eigenvalue weighted by molar-refractivity contribution is 7.13. The molecule has 5 heteroatoms. The Balaban J connectivity index is 1.52. The quantitative estimate of drug-likeness (QED) is 0.545. The normalized spacial score (nSPS) is 12.0. The van der Waals surface area contributed by atoms with E-state index in [0.29, 0.717) is 18.9 Å². The smallest absolute Gasteiger partial charge is 0.260 e. The van der Waals surface area contributed by atoms with Crippen LogP contribution in [-0.2, 0) is 11.2 Å². The molecule has 0 spiro atoms. The first-order chi connectivity index (χ1) is 13.9. The largest absolute Gasteiger partial charge is 0.481 e. The van der Waals surface area contributed by atoms with E-state index in [1.807, 2.05) is 31.2 Å². The number of thiazole rings is 1. The molecule has 0 saturated carbocycles. The topological polar surface area (TPSA) is 51.2 Å². The fraction of sp³-hybridized carbons (Fsp3) is 0.333. The van der Waals surface area contributed by atoms with Crippen molar-refractivity contribution in [2.75, 3.05) is 6.54 Å². The van der Waals surface area contributed by atoms with Gasteiger partial charge in [0, 0.05) is 23.9 Å². The summed E-state index contributed by atoms with van der Waals surface area (Å²) in [5.41, 5.74) is 4.35. The standard InChI is InChI=1S/C24H28N2O2S/c1-16(2)21-11-10-17(3)14-22(21)28-18(4)23(27)25-13-12-20-15-29-24(26-20)19-8-6-5-7-9-19/h5-11,14-16,18H,12-13H2,1-4H3,(H,25,27)/t18-/m1/s1. The van der Waals surface area contributed by atoms with E-state index in [1.54, 1.807) is 18.3 Å². The van der Waals surface area contributed by atoms with Crippen LogP contribution in [0.3, 0.4) is 0 Å². The molecule has 3 aromatic rings. The Morgan fingerprint density at radius 1 is 1.14 bits per heavy atom. The van der Waals surface area contributed by atoms with Gasteiger partial charge in [0.15, 0.2) is 6.10 Å². The van der Waals surface area contributed by atoms with Crippen molar-refractivity contribution >= 4 is 17.2 Å². The van der Waals surface area contributed by atoms with Gasteiger partial charge in [0.05, 0.1) is 5.69 Å². The molecule has 1 aromatic heterocycles. The summed E-state index contributed by atoms with van der Waals surface area (Å²) in [7, 11) is 0. The third-order valence-electron chi connectivity index (χ3n) is 4.72. The van der Waals surface area contributed by atoms with Crippen LogP contribution < -0.4 is 10.1 Å². The van der Waals surface area contributed by atoms with Gasteiger partial charge in [-0.1, -0.05) is 56.3 Å². The van der Waals surface area contributed by atoms with Crippen LogP contribution in [0.1, 0.15) is 43.5 Å². The fourth-order valence-corrected chi connectivity index (χ4v) is 3.92. The number of ether oxygens (including phenoxy) is 1. The maximum atomic E-state index is 12.5. The van der Waals surface area contributed by atoms with Gasteiger partial charge in [-0.15, -0.1) is 11.3 Å². The Hall–Kier alpha value is -2.66. The molecule has 0 unspecified atom stereocenters. The van der Waals surface area contributed by atoms with Crippen molar-refractivity contribution in [2.24, 2.45) is 0 Å². The van der Waals surface area contributed by atoms with E-state index in [0.717, 1.165) is 33.1 Å². The van der Waals surface area contributed by atoms with Crippen LogP contribution in [0.15, 0.2) is 53.9 Å². The van der Waals surface area contributed by atoms with Crippen molar-refractivity contribution in [3.8, 4) is 16.3 Å². The van der Waals surface area contributed by atoms with E-state index in [9.17, 15) is 4.79 Å². The first-order valence-corrected chi connectivity index (χ1v) is 10.9. The van der Waals surface area contributed by atoms with Crippen molar-refractivity contribution in [1.82, 2.24) is 10.3 Å². The zero-order valence-electron chi connectivity index (χ0n) is 17.4. The number of carbonyl (C=O) groups excluding carboxylic acids is 1. The van der Waals surface area contributed by atoms with E-state index in [4.69, 9.17) is 4.74 Å². The van der Waals surface area contributed by atoms with Gasteiger partial charge in [0.1, 0.15) is 10.8 Å². The Morgan fingerprint density at radius 2 is 1.90 bits per heavy atom. The summed E-state index contributed by atoms with van der Waals surface area (Å²) in [5.74, 6) is 1.01. The molecule has 3 rings (SSSR count). The lowest BCUT2D eigenvalue weighted by Gasteiger charge is -2.19. The summed E-state index contributed by atoms with van der Waals surface area (Å²) in [6.07, 6.45) is 0.147. The molecule has 0 fully saturated rings. The minimum absolute atomic E-state index is 0.111. The van der Waals surface area contributed by atoms with Gasteiger partial charge in [-0.25, -0.2) is 4.98 Å². The highest BCUT2D eigenvalue weighted by atomic mass is 32.1. The molecule has 0 radical (unpaired) electrons. The number of amides is 1. The summed E-state index contributed by atoms with van der Waals surface area (Å²) >= 11 is 1.63. The lowest BCUT2D eigenvalue weighted by Crippen LogP contribution is -2.37. The molecule has 1 heterocycles. The SMILES string of the molecule is Cc1ccc(C(C)C)c(O[C@H](C)C(=O)NCCc2csc(-c3ccccc3)n2)c1. The summed E-state index contributed by atoms with van der Waals surface area (Å²) in [6.45, 7) is 8.60. The molecule has 4 nitrogen and oxygen atoms in total. The fourth-order valence-electron chi connectivity index (χ4n) is 3.06. The Kier molecular flexibility index (Phi) is 7.04. The summed E-state index contributed by atoms with van der Waals surface area (Å²) in [5, 5.41) is 6.02. The number of rotatable bonds is 8. The van der Waals surface area contributed by atoms with Crippen molar-refractivity contribution < 1.29 is 9.53 Å². The lowest BCUT2D eigenvalue weighted by molar-refractivity contribution is -0.127. The number of nitrogens with one attached hydrogen (secondary N) is 1. The molecule has 1 atom stereocenters. The van der Waals surface area contributed by atoms with Crippen LogP contribution in [0.5, 0.6) is 5.75 Å². The maximum Gasteiger partial charge on any atom is 0.260 e. The average Bonchev–Trinajstić information content (AvgIpc) is 3.17. The van der Waals surface area contributed by atoms with Gasteiger partial charge in [-0.3, -0.25) is 4.79 Å². The molecule has 1 amide bonds. The zero-order valence-corrected chi connectivity index (χ0v) is 18.3. The van der Waals surface area contributed by atoms with E-state index in [2.05, 4.69) is 53.8 Å². The van der Waals surface area contributed by atoms with Crippen LogP contribution in [-0.4, -0.2) is 23.5 Å². The van der Waals surface area contributed by atoms with Gasteiger partial charge in [-0.05, 0) is 37.0 Å². The monoisotopic (exact) mass is 408 g/mol. The van der Waals surface area contributed by atoms with Crippen LogP contribution in [0.4, 0.5) is 0 Å². The van der Waals surface area contributed by atoms with Gasteiger partial charge in [0.2, 0.25) is 0 Å². The second-order valence-corrected chi connectivity index (χ2v) is 8.37. The minimum Gasteiger partial charge on any atom is -0.481 e. The minimum atomic E-state index is -0.551. The molecule has 2 aromatic carbocycles. The molecule has 0 aliphatic carbocycles. The van der Waals surface area contributed by atoms with Gasteiger partial charge < -0.3 is 10.1 Å². The molecule has 1 N–H and O–H groups in total. The van der Waals surface area contributed by atoms with Crippen LogP contribution in [0.2, 0.25) is 0 Å². The maximum absolute atomic E-state index is 12.5. The average molecular weight is 409 g/mol. The number of benzene rings is 2. The van der Waals surface area contributed by atoms with Crippen LogP contribution in [0.25, 0.3) is 10.6 Å². The van der Waals surface area contributed by atoms with E-state index >= 15 is 0 Å². The second-order valence-electron chi connectivity index (χ2n) is 7.51. The van der Waals surface area contributed by atoms with E-state index in [1.165, 1.54) is 0 Å². The summed E-state index contributed by atoms with van der Waals surface area (Å²) < 4.78 is 5.99. The van der Waals surface area contributed by atoms with Crippen LogP contribution >= 0.6 is 11.3 Å². The lowest BCUT2D eigenvalue weighted by atomic mass is 10.0. The van der Waals surface area contributed by atoms with Crippen molar-refractivity contribution in [1.29, 1.82) is 0 Å². The third kappa shape index (κ3) is 5.67. The molecular formula is C24H28N2O2S. The van der Waals surface area contributed by atoms with Crippen molar-refractivity contribution in [2.45, 2.75) is 46.1 Å². The highest BCUT2D eigenvalue weighted by Gasteiger charge is 2.17. The van der Waals surface area contributed by atoms with Gasteiger partial charge in [-0.2, -0.15) is 0 Å². The van der Waals surface area contributed by atoms with Gasteiger partial charge >= 0.3 is 0 Å². The molecule has 0 bridgehead atoms. The summed E-state index contributed by atoms with van der Waals surface area (Å²) in [6, 6.07) is 16.3. The number of hydrogen-bond donors (Lipinski definition) is 1. The number of nitrogens with zero attached hydrogens (tertiary/aromatic N) is 1. The van der Waals surface area contributed by atoms with Crippen molar-refractivity contribution in [3.63, 3.8) is 0 Å². The van der Waals surface area contributed by atoms with Crippen LogP contribution in [0, 0.1) is 6.92 Å². The molecular weight excluding hydrogens is 380 g/mol. The highest BCUT2D eigenvalue weighted by Crippen LogP contribution is 2.28. The number of carbonyl (C=O) groups is 1. The molecule has 0 aliphatic rings. The first-order valence-electron chi connectivity index (χ1n) is 9.98.